The molecule has 86 valence electrons. The minimum atomic E-state index is -0.829. The van der Waals surface area contributed by atoms with E-state index in [9.17, 15) is 15.0 Å². The number of carbonyl (C=O) groups is 1. The summed E-state index contributed by atoms with van der Waals surface area (Å²) in [4.78, 5) is 10.7. The summed E-state index contributed by atoms with van der Waals surface area (Å²) in [5.74, 6) is -1.38. The van der Waals surface area contributed by atoms with Crippen LogP contribution in [0.5, 0.6) is 0 Å². The highest BCUT2D eigenvalue weighted by atomic mass is 16.4. The third-order valence-electron chi connectivity index (χ3n) is 2.89. The normalized spacial score (nSPS) is 33.3. The van der Waals surface area contributed by atoms with Gasteiger partial charge in [0, 0.05) is 5.92 Å². The summed E-state index contributed by atoms with van der Waals surface area (Å²) in [7, 11) is 0. The fraction of sp³-hybridized carbons (Fsp3) is 0.727. The molecule has 15 heavy (non-hydrogen) atoms. The van der Waals surface area contributed by atoms with Crippen molar-refractivity contribution in [2.24, 2.45) is 11.8 Å². The molecule has 1 aliphatic rings. The topological polar surface area (TPSA) is 77.8 Å². The Balaban J connectivity index is 2.64. The molecule has 0 aliphatic heterocycles. The summed E-state index contributed by atoms with van der Waals surface area (Å²) in [5, 5.41) is 27.8. The zero-order valence-electron chi connectivity index (χ0n) is 9.05. The summed E-state index contributed by atoms with van der Waals surface area (Å²) >= 11 is 0. The van der Waals surface area contributed by atoms with Gasteiger partial charge in [-0.3, -0.25) is 4.79 Å². The maximum absolute atomic E-state index is 10.7. The first-order valence-electron chi connectivity index (χ1n) is 5.20. The van der Waals surface area contributed by atoms with Crippen LogP contribution in [0.2, 0.25) is 0 Å². The molecular weight excluding hydrogens is 196 g/mol. The van der Waals surface area contributed by atoms with Gasteiger partial charge >= 0.3 is 5.97 Å². The largest absolute Gasteiger partial charge is 0.481 e. The summed E-state index contributed by atoms with van der Waals surface area (Å²) in [6.07, 6.45) is 1.21. The number of aliphatic hydroxyl groups is 2. The molecule has 0 amide bonds. The van der Waals surface area contributed by atoms with E-state index in [1.807, 2.05) is 13.0 Å². The molecular formula is C11H18O4. The Morgan fingerprint density at radius 1 is 1.60 bits per heavy atom. The van der Waals surface area contributed by atoms with Crippen LogP contribution in [0.15, 0.2) is 11.6 Å². The van der Waals surface area contributed by atoms with Crippen LogP contribution in [0, 0.1) is 11.8 Å². The van der Waals surface area contributed by atoms with Crippen molar-refractivity contribution >= 4 is 5.97 Å². The van der Waals surface area contributed by atoms with Crippen molar-refractivity contribution in [2.75, 3.05) is 0 Å². The SMILES string of the molecule is CC1C=C(C[C@H](C)C(=O)O)CC(O)C1O. The van der Waals surface area contributed by atoms with Crippen molar-refractivity contribution in [2.45, 2.75) is 38.9 Å². The van der Waals surface area contributed by atoms with E-state index < -0.39 is 24.1 Å². The van der Waals surface area contributed by atoms with Crippen LogP contribution in [0.1, 0.15) is 26.7 Å². The van der Waals surface area contributed by atoms with Gasteiger partial charge in [-0.1, -0.05) is 25.5 Å². The summed E-state index contributed by atoms with van der Waals surface area (Å²) in [6, 6.07) is 0. The molecule has 4 heteroatoms. The number of hydrogen-bond donors (Lipinski definition) is 3. The van der Waals surface area contributed by atoms with Crippen LogP contribution < -0.4 is 0 Å². The van der Waals surface area contributed by atoms with E-state index in [1.165, 1.54) is 0 Å². The Bertz CT molecular complexity index is 272. The summed E-state index contributed by atoms with van der Waals surface area (Å²) < 4.78 is 0. The maximum atomic E-state index is 10.7. The molecule has 4 atom stereocenters. The van der Waals surface area contributed by atoms with E-state index in [0.29, 0.717) is 12.8 Å². The van der Waals surface area contributed by atoms with Gasteiger partial charge in [0.15, 0.2) is 0 Å². The highest BCUT2D eigenvalue weighted by molar-refractivity contribution is 5.69. The Hall–Kier alpha value is -0.870. The minimum absolute atomic E-state index is 0.107. The van der Waals surface area contributed by atoms with E-state index in [4.69, 9.17) is 5.11 Å². The molecule has 0 aromatic heterocycles. The van der Waals surface area contributed by atoms with Crippen molar-refractivity contribution in [3.05, 3.63) is 11.6 Å². The van der Waals surface area contributed by atoms with Gasteiger partial charge in [0.05, 0.1) is 18.1 Å². The number of aliphatic hydroxyl groups excluding tert-OH is 2. The summed E-state index contributed by atoms with van der Waals surface area (Å²) in [6.45, 7) is 3.46. The Labute approximate surface area is 89.2 Å². The molecule has 0 spiro atoms. The molecule has 0 aromatic carbocycles. The predicted molar refractivity (Wildman–Crippen MR) is 55.3 cm³/mol. The predicted octanol–water partition coefficient (Wildman–Crippen LogP) is 0.785. The molecule has 1 rings (SSSR count). The van der Waals surface area contributed by atoms with Gasteiger partial charge in [0.25, 0.3) is 0 Å². The van der Waals surface area contributed by atoms with Gasteiger partial charge in [-0.05, 0) is 12.8 Å². The van der Waals surface area contributed by atoms with E-state index in [0.717, 1.165) is 5.57 Å². The lowest BCUT2D eigenvalue weighted by Crippen LogP contribution is -2.35. The zero-order chi connectivity index (χ0) is 11.6. The van der Waals surface area contributed by atoms with Crippen molar-refractivity contribution in [1.29, 1.82) is 0 Å². The number of rotatable bonds is 3. The zero-order valence-corrected chi connectivity index (χ0v) is 9.05. The van der Waals surface area contributed by atoms with E-state index in [2.05, 4.69) is 0 Å². The second-order valence-electron chi connectivity index (χ2n) is 4.39. The van der Waals surface area contributed by atoms with Crippen molar-refractivity contribution in [3.63, 3.8) is 0 Å². The molecule has 4 nitrogen and oxygen atoms in total. The lowest BCUT2D eigenvalue weighted by atomic mass is 9.83. The Kier molecular flexibility index (Phi) is 3.88. The van der Waals surface area contributed by atoms with Crippen molar-refractivity contribution in [3.8, 4) is 0 Å². The lowest BCUT2D eigenvalue weighted by Gasteiger charge is -2.29. The molecule has 0 radical (unpaired) electrons. The van der Waals surface area contributed by atoms with Gasteiger partial charge in [-0.25, -0.2) is 0 Å². The van der Waals surface area contributed by atoms with E-state index >= 15 is 0 Å². The van der Waals surface area contributed by atoms with Crippen LogP contribution in [-0.2, 0) is 4.79 Å². The van der Waals surface area contributed by atoms with Crippen LogP contribution in [0.25, 0.3) is 0 Å². The van der Waals surface area contributed by atoms with Gasteiger partial charge in [-0.15, -0.1) is 0 Å². The highest BCUT2D eigenvalue weighted by Crippen LogP contribution is 2.27. The molecule has 0 fully saturated rings. The maximum Gasteiger partial charge on any atom is 0.306 e. The standard InChI is InChI=1S/C11H18O4/c1-6-3-8(4-7(2)11(14)15)5-9(12)10(6)13/h3,6-7,9-10,12-13H,4-5H2,1-2H3,(H,14,15)/t6?,7-,9?,10?/m0/s1. The molecule has 0 bridgehead atoms. The van der Waals surface area contributed by atoms with E-state index in [-0.39, 0.29) is 5.92 Å². The number of carboxylic acids is 1. The van der Waals surface area contributed by atoms with E-state index in [1.54, 1.807) is 6.92 Å². The lowest BCUT2D eigenvalue weighted by molar-refractivity contribution is -0.141. The molecule has 1 aliphatic carbocycles. The quantitative estimate of drug-likeness (QED) is 0.607. The molecule has 0 saturated carbocycles. The van der Waals surface area contributed by atoms with Crippen LogP contribution in [-0.4, -0.2) is 33.5 Å². The Morgan fingerprint density at radius 3 is 2.67 bits per heavy atom. The molecule has 3 unspecified atom stereocenters. The fourth-order valence-corrected chi connectivity index (χ4v) is 1.91. The fourth-order valence-electron chi connectivity index (χ4n) is 1.91. The van der Waals surface area contributed by atoms with Crippen LogP contribution in [0.3, 0.4) is 0 Å². The van der Waals surface area contributed by atoms with Gasteiger partial charge in [0.2, 0.25) is 0 Å². The molecule has 0 heterocycles. The number of aliphatic carboxylic acids is 1. The second kappa shape index (κ2) is 4.77. The average Bonchev–Trinajstić information content (AvgIpc) is 2.13. The Morgan fingerprint density at radius 2 is 2.20 bits per heavy atom. The van der Waals surface area contributed by atoms with Crippen molar-refractivity contribution in [1.82, 2.24) is 0 Å². The monoisotopic (exact) mass is 214 g/mol. The third-order valence-corrected chi connectivity index (χ3v) is 2.89. The molecule has 0 aromatic rings. The minimum Gasteiger partial charge on any atom is -0.481 e. The van der Waals surface area contributed by atoms with Crippen LogP contribution >= 0.6 is 0 Å². The highest BCUT2D eigenvalue weighted by Gasteiger charge is 2.28. The second-order valence-corrected chi connectivity index (χ2v) is 4.39. The van der Waals surface area contributed by atoms with Gasteiger partial charge in [-0.2, -0.15) is 0 Å². The van der Waals surface area contributed by atoms with Gasteiger partial charge < -0.3 is 15.3 Å². The smallest absolute Gasteiger partial charge is 0.306 e. The first-order chi connectivity index (χ1) is 6.91. The molecule has 0 saturated heterocycles. The molecule has 3 N–H and O–H groups in total. The average molecular weight is 214 g/mol. The number of hydrogen-bond acceptors (Lipinski definition) is 3. The van der Waals surface area contributed by atoms with Crippen LogP contribution in [0.4, 0.5) is 0 Å². The number of carboxylic acid groups (broad SMARTS) is 1. The van der Waals surface area contributed by atoms with Gasteiger partial charge in [0.1, 0.15) is 0 Å². The first kappa shape index (κ1) is 12.2. The third kappa shape index (κ3) is 3.04. The summed E-state index contributed by atoms with van der Waals surface area (Å²) in [5.41, 5.74) is 0.926. The first-order valence-corrected chi connectivity index (χ1v) is 5.20. The van der Waals surface area contributed by atoms with Crippen molar-refractivity contribution < 1.29 is 20.1 Å².